The normalized spacial score (nSPS) is 12.5. The number of fused-ring (bicyclic) bond motifs is 1. The van der Waals surface area contributed by atoms with Gasteiger partial charge in [-0.3, -0.25) is 14.5 Å². The molecule has 0 unspecified atom stereocenters. The second kappa shape index (κ2) is 15.5. The first-order chi connectivity index (χ1) is 20.5. The van der Waals surface area contributed by atoms with Gasteiger partial charge in [-0.1, -0.05) is 60.7 Å². The summed E-state index contributed by atoms with van der Waals surface area (Å²) in [6, 6.07) is 22.9. The molecule has 0 aliphatic heterocycles. The predicted molar refractivity (Wildman–Crippen MR) is 154 cm³/mol. The minimum absolute atomic E-state index is 0.148. The lowest BCUT2D eigenvalue weighted by Gasteiger charge is -2.33. The Morgan fingerprint density at radius 3 is 2.23 bits per heavy atom. The van der Waals surface area contributed by atoms with Crippen LogP contribution in [0.15, 0.2) is 89.9 Å². The number of amides is 2. The van der Waals surface area contributed by atoms with E-state index in [2.05, 4.69) is 10.3 Å². The topological polar surface area (TPSA) is 165 Å². The third-order valence-electron chi connectivity index (χ3n) is 6.35. The van der Waals surface area contributed by atoms with E-state index < -0.39 is 24.4 Å². The smallest absolute Gasteiger partial charge is 0.475 e. The monoisotopic (exact) mass is 599 g/mol. The lowest BCUT2D eigenvalue weighted by atomic mass is 10.0. The molecule has 10 nitrogen and oxygen atoms in total. The van der Waals surface area contributed by atoms with Crippen molar-refractivity contribution in [1.82, 2.24) is 10.3 Å². The molecule has 4 aromatic rings. The van der Waals surface area contributed by atoms with Crippen LogP contribution in [0.2, 0.25) is 0 Å². The van der Waals surface area contributed by atoms with Crippen molar-refractivity contribution in [3.63, 3.8) is 0 Å². The van der Waals surface area contributed by atoms with Gasteiger partial charge in [0.15, 0.2) is 12.1 Å². The van der Waals surface area contributed by atoms with Crippen LogP contribution in [0.3, 0.4) is 0 Å². The summed E-state index contributed by atoms with van der Waals surface area (Å²) in [6.07, 6.45) is -1.04. The number of carboxylic acid groups (broad SMARTS) is 1. The van der Waals surface area contributed by atoms with Gasteiger partial charge >= 0.3 is 12.1 Å². The predicted octanol–water partition coefficient (Wildman–Crippen LogP) is 4.25. The molecule has 0 aliphatic carbocycles. The number of oxazole rings is 1. The number of hydrogen-bond acceptors (Lipinski definition) is 7. The molecule has 2 atom stereocenters. The van der Waals surface area contributed by atoms with E-state index in [0.29, 0.717) is 37.9 Å². The van der Waals surface area contributed by atoms with Crippen LogP contribution < -0.4 is 21.7 Å². The number of aromatic nitrogens is 1. The first-order valence-electron chi connectivity index (χ1n) is 13.3. The summed E-state index contributed by atoms with van der Waals surface area (Å²) in [6.45, 7) is 0.451. The summed E-state index contributed by atoms with van der Waals surface area (Å²) in [5, 5.41) is 12.2. The van der Waals surface area contributed by atoms with Crippen LogP contribution in [-0.2, 0) is 16.0 Å². The number of carbonyl (C=O) groups is 3. The summed E-state index contributed by atoms with van der Waals surface area (Å²) in [4.78, 5) is 41.3. The van der Waals surface area contributed by atoms with Crippen LogP contribution in [0.1, 0.15) is 35.3 Å². The number of aryl methyl sites for hydroxylation is 1. The number of aliphatic carboxylic acids is 1. The first kappa shape index (κ1) is 32.8. The molecule has 0 saturated heterocycles. The van der Waals surface area contributed by atoms with Gasteiger partial charge in [-0.05, 0) is 60.7 Å². The van der Waals surface area contributed by atoms with Crippen LogP contribution in [0.4, 0.5) is 18.9 Å². The van der Waals surface area contributed by atoms with E-state index in [-0.39, 0.29) is 17.5 Å². The number of nitrogens with two attached hydrogens (primary N) is 2. The van der Waals surface area contributed by atoms with Crippen LogP contribution in [-0.4, -0.2) is 52.8 Å². The maximum atomic E-state index is 13.7. The first-order valence-corrected chi connectivity index (χ1v) is 13.3. The number of carboxylic acids is 1. The Kier molecular flexibility index (Phi) is 11.8. The van der Waals surface area contributed by atoms with Crippen LogP contribution in [0.25, 0.3) is 10.8 Å². The number of anilines is 1. The summed E-state index contributed by atoms with van der Waals surface area (Å²) in [7, 11) is 0. The van der Waals surface area contributed by atoms with Crippen molar-refractivity contribution in [3.8, 4) is 0 Å². The third kappa shape index (κ3) is 9.65. The summed E-state index contributed by atoms with van der Waals surface area (Å²) in [5.74, 6) is -3.47. The zero-order valence-electron chi connectivity index (χ0n) is 23.0. The Morgan fingerprint density at radius 2 is 1.63 bits per heavy atom. The lowest BCUT2D eigenvalue weighted by Crippen LogP contribution is -2.55. The Labute approximate surface area is 245 Å². The number of halogens is 3. The van der Waals surface area contributed by atoms with Gasteiger partial charge in [0.2, 0.25) is 5.91 Å². The number of nitrogens with zero attached hydrogens (tertiary/aromatic N) is 2. The SMILES string of the molecule is NCCC[C@@H](N)C(=O)N[C@@H](CCc1ccccc1)N(C(=O)c1cocn1)c1ccc2ccccc2c1.O=C(O)C(F)(F)F. The molecule has 228 valence electrons. The molecule has 3 aromatic carbocycles. The molecular weight excluding hydrogens is 567 g/mol. The van der Waals surface area contributed by atoms with Crippen molar-refractivity contribution in [1.29, 1.82) is 0 Å². The number of benzene rings is 3. The van der Waals surface area contributed by atoms with Gasteiger partial charge in [0.05, 0.1) is 6.04 Å². The Balaban J connectivity index is 0.000000646. The molecule has 1 heterocycles. The Bertz CT molecular complexity index is 1480. The second-order valence-electron chi connectivity index (χ2n) is 9.47. The minimum Gasteiger partial charge on any atom is -0.475 e. The Morgan fingerprint density at radius 1 is 0.977 bits per heavy atom. The molecular formula is C30H32F3N5O5. The highest BCUT2D eigenvalue weighted by molar-refractivity contribution is 6.06. The maximum Gasteiger partial charge on any atom is 0.490 e. The molecule has 0 radical (unpaired) electrons. The molecule has 0 spiro atoms. The van der Waals surface area contributed by atoms with E-state index in [1.54, 1.807) is 4.90 Å². The molecule has 43 heavy (non-hydrogen) atoms. The number of hydrogen-bond donors (Lipinski definition) is 4. The molecule has 2 amide bonds. The highest BCUT2D eigenvalue weighted by atomic mass is 19.4. The molecule has 1 aromatic heterocycles. The van der Waals surface area contributed by atoms with E-state index >= 15 is 0 Å². The van der Waals surface area contributed by atoms with Gasteiger partial charge in [-0.25, -0.2) is 9.78 Å². The third-order valence-corrected chi connectivity index (χ3v) is 6.35. The molecule has 0 bridgehead atoms. The van der Waals surface area contributed by atoms with Crippen molar-refractivity contribution in [3.05, 3.63) is 96.7 Å². The van der Waals surface area contributed by atoms with Gasteiger partial charge in [0.1, 0.15) is 12.4 Å². The Hall–Kier alpha value is -4.75. The van der Waals surface area contributed by atoms with Gasteiger partial charge < -0.3 is 26.3 Å². The van der Waals surface area contributed by atoms with Crippen LogP contribution in [0, 0.1) is 0 Å². The van der Waals surface area contributed by atoms with E-state index in [4.69, 9.17) is 25.8 Å². The highest BCUT2D eigenvalue weighted by Gasteiger charge is 2.38. The zero-order valence-corrected chi connectivity index (χ0v) is 23.0. The molecule has 13 heteroatoms. The summed E-state index contributed by atoms with van der Waals surface area (Å²) >= 11 is 0. The quantitative estimate of drug-likeness (QED) is 0.186. The van der Waals surface area contributed by atoms with Crippen molar-refractivity contribution >= 4 is 34.2 Å². The molecule has 6 N–H and O–H groups in total. The molecule has 0 fully saturated rings. The van der Waals surface area contributed by atoms with Gasteiger partial charge in [0, 0.05) is 5.69 Å². The van der Waals surface area contributed by atoms with E-state index in [1.807, 2.05) is 72.8 Å². The average Bonchev–Trinajstić information content (AvgIpc) is 3.54. The van der Waals surface area contributed by atoms with Crippen molar-refractivity contribution in [2.75, 3.05) is 11.4 Å². The van der Waals surface area contributed by atoms with E-state index in [0.717, 1.165) is 16.3 Å². The number of nitrogens with one attached hydrogen (secondary N) is 1. The van der Waals surface area contributed by atoms with Crippen LogP contribution in [0.5, 0.6) is 0 Å². The fraction of sp³-hybridized carbons (Fsp3) is 0.267. The van der Waals surface area contributed by atoms with Crippen molar-refractivity contribution in [2.45, 2.75) is 44.1 Å². The largest absolute Gasteiger partial charge is 0.490 e. The molecule has 0 aliphatic rings. The minimum atomic E-state index is -5.08. The van der Waals surface area contributed by atoms with Crippen molar-refractivity contribution < 1.29 is 37.1 Å². The van der Waals surface area contributed by atoms with E-state index in [9.17, 15) is 22.8 Å². The van der Waals surface area contributed by atoms with Crippen LogP contribution >= 0.6 is 0 Å². The van der Waals surface area contributed by atoms with Crippen molar-refractivity contribution in [2.24, 2.45) is 11.5 Å². The van der Waals surface area contributed by atoms with Gasteiger partial charge in [-0.2, -0.15) is 13.2 Å². The fourth-order valence-corrected chi connectivity index (χ4v) is 4.16. The van der Waals surface area contributed by atoms with Gasteiger partial charge in [-0.15, -0.1) is 0 Å². The summed E-state index contributed by atoms with van der Waals surface area (Å²) in [5.41, 5.74) is 13.6. The zero-order chi connectivity index (χ0) is 31.4. The number of carbonyl (C=O) groups excluding carboxylic acids is 2. The molecule has 0 saturated carbocycles. The number of rotatable bonds is 11. The fourth-order valence-electron chi connectivity index (χ4n) is 4.16. The van der Waals surface area contributed by atoms with Gasteiger partial charge in [0.25, 0.3) is 5.91 Å². The lowest BCUT2D eigenvalue weighted by molar-refractivity contribution is -0.192. The second-order valence-corrected chi connectivity index (χ2v) is 9.47. The summed E-state index contributed by atoms with van der Waals surface area (Å²) < 4.78 is 36.8. The standard InChI is InChI=1S/C28H31N5O3.C2HF3O2/c29-16-6-11-24(30)27(34)32-26(15-12-20-7-2-1-3-8-20)33(28(35)25-18-36-19-31-25)23-14-13-21-9-4-5-10-22(21)17-23;3-2(4,5)1(6)7/h1-5,7-10,13-14,17-19,24,26H,6,11-12,15-16,29-30H2,(H,32,34);(H,6,7)/t24-,26-;/m1./s1. The highest BCUT2D eigenvalue weighted by Crippen LogP contribution is 2.26. The maximum absolute atomic E-state index is 13.7. The number of alkyl halides is 3. The van der Waals surface area contributed by atoms with E-state index in [1.165, 1.54) is 12.7 Å². The molecule has 4 rings (SSSR count). The average molecular weight is 600 g/mol.